The van der Waals surface area contributed by atoms with Crippen LogP contribution in [0.2, 0.25) is 0 Å². The molecule has 190 valence electrons. The maximum Gasteiger partial charge on any atom is 0.118 e. The predicted molar refractivity (Wildman–Crippen MR) is 128 cm³/mol. The van der Waals surface area contributed by atoms with Crippen LogP contribution in [0.4, 0.5) is 0 Å². The summed E-state index contributed by atoms with van der Waals surface area (Å²) in [6.07, 6.45) is -6.51. The number of methoxy groups -OCH3 is 2. The van der Waals surface area contributed by atoms with Gasteiger partial charge in [-0.3, -0.25) is 0 Å². The lowest BCUT2D eigenvalue weighted by molar-refractivity contribution is -0.152. The van der Waals surface area contributed by atoms with Crippen molar-refractivity contribution in [2.75, 3.05) is 20.8 Å². The first-order valence-electron chi connectivity index (χ1n) is 11.5. The highest BCUT2D eigenvalue weighted by atomic mass is 16.5. The molecule has 7 atom stereocenters. The number of rotatable bonds is 14. The third-order valence-corrected chi connectivity index (χ3v) is 6.48. The lowest BCUT2D eigenvalue weighted by atomic mass is 9.77. The van der Waals surface area contributed by atoms with E-state index in [0.717, 1.165) is 23.3 Å². The highest BCUT2D eigenvalue weighted by Crippen LogP contribution is 2.29. The Kier molecular flexibility index (Phi) is 11.2. The minimum absolute atomic E-state index is 0.0686. The van der Waals surface area contributed by atoms with E-state index in [-0.39, 0.29) is 5.92 Å². The van der Waals surface area contributed by atoms with Gasteiger partial charge in [0, 0.05) is 0 Å². The predicted octanol–water partition coefficient (Wildman–Crippen LogP) is 0.928. The summed E-state index contributed by atoms with van der Waals surface area (Å²) in [7, 11) is 3.19. The molecule has 0 aliphatic heterocycles. The normalized spacial score (nSPS) is 17.8. The number of benzene rings is 2. The fourth-order valence-corrected chi connectivity index (χ4v) is 4.09. The van der Waals surface area contributed by atoms with Gasteiger partial charge in [0.2, 0.25) is 0 Å². The molecule has 0 spiro atoms. The zero-order chi connectivity index (χ0) is 25.3. The number of aliphatic hydroxyl groups excluding tert-OH is 6. The van der Waals surface area contributed by atoms with Gasteiger partial charge in [0.15, 0.2) is 0 Å². The lowest BCUT2D eigenvalue weighted by Crippen LogP contribution is -2.52. The smallest absolute Gasteiger partial charge is 0.118 e. The highest BCUT2D eigenvalue weighted by Gasteiger charge is 2.39. The topological polar surface area (TPSA) is 140 Å². The van der Waals surface area contributed by atoms with Crippen LogP contribution in [-0.4, -0.2) is 82.0 Å². The van der Waals surface area contributed by atoms with Gasteiger partial charge < -0.3 is 40.1 Å². The van der Waals surface area contributed by atoms with Crippen LogP contribution in [0.15, 0.2) is 48.5 Å². The Morgan fingerprint density at radius 2 is 1.15 bits per heavy atom. The van der Waals surface area contributed by atoms with Crippen molar-refractivity contribution in [3.63, 3.8) is 0 Å². The van der Waals surface area contributed by atoms with E-state index in [4.69, 9.17) is 14.6 Å². The fourth-order valence-electron chi connectivity index (χ4n) is 4.09. The van der Waals surface area contributed by atoms with Gasteiger partial charge in [0.25, 0.3) is 0 Å². The van der Waals surface area contributed by atoms with Gasteiger partial charge in [-0.05, 0) is 66.5 Å². The van der Waals surface area contributed by atoms with Crippen LogP contribution in [0, 0.1) is 11.8 Å². The molecule has 3 unspecified atom stereocenters. The Morgan fingerprint density at radius 3 is 1.62 bits per heavy atom. The number of ether oxygens (including phenoxy) is 2. The molecule has 0 fully saturated rings. The van der Waals surface area contributed by atoms with Crippen molar-refractivity contribution in [2.24, 2.45) is 11.8 Å². The third-order valence-electron chi connectivity index (χ3n) is 6.48. The zero-order valence-electron chi connectivity index (χ0n) is 20.0. The molecule has 2 rings (SSSR count). The summed E-state index contributed by atoms with van der Waals surface area (Å²) < 4.78 is 10.4. The van der Waals surface area contributed by atoms with Gasteiger partial charge in [0.1, 0.15) is 35.9 Å². The maximum atomic E-state index is 11.0. The van der Waals surface area contributed by atoms with Crippen molar-refractivity contribution >= 4 is 0 Å². The molecule has 2 aromatic rings. The summed E-state index contributed by atoms with van der Waals surface area (Å²) in [6.45, 7) is 1.19. The Morgan fingerprint density at radius 1 is 0.676 bits per heavy atom. The van der Waals surface area contributed by atoms with E-state index in [0.29, 0.717) is 18.6 Å². The van der Waals surface area contributed by atoms with Crippen LogP contribution in [0.25, 0.3) is 0 Å². The standard InChI is InChI=1S/C26H38O8/c1-16(4-5-17-6-10-19(33-2)11-7-17)21(14-18-8-12-20(34-3)13-9-18)23(29)25(31)26(32)24(30)22(28)15-27/h6-13,16,21-32H,4-5,14-15H2,1-3H3/t16?,21?,22-,23?,24+,25+,26-/m0/s1. The maximum absolute atomic E-state index is 11.0. The first kappa shape index (κ1) is 28.0. The Labute approximate surface area is 201 Å². The molecule has 0 aliphatic rings. The highest BCUT2D eigenvalue weighted by molar-refractivity contribution is 5.28. The van der Waals surface area contributed by atoms with E-state index in [2.05, 4.69) is 0 Å². The molecule has 0 aromatic heterocycles. The molecule has 34 heavy (non-hydrogen) atoms. The summed E-state index contributed by atoms with van der Waals surface area (Å²) in [5.74, 6) is 0.936. The van der Waals surface area contributed by atoms with Crippen LogP contribution in [0.5, 0.6) is 11.5 Å². The van der Waals surface area contributed by atoms with Crippen LogP contribution >= 0.6 is 0 Å². The van der Waals surface area contributed by atoms with Crippen molar-refractivity contribution in [3.8, 4) is 11.5 Å². The number of aliphatic hydroxyl groups is 6. The molecular weight excluding hydrogens is 440 g/mol. The molecule has 0 bridgehead atoms. The summed E-state index contributed by atoms with van der Waals surface area (Å²) in [5, 5.41) is 60.7. The average Bonchev–Trinajstić information content (AvgIpc) is 2.88. The van der Waals surface area contributed by atoms with Crippen LogP contribution < -0.4 is 9.47 Å². The quantitative estimate of drug-likeness (QED) is 0.236. The number of aryl methyl sites for hydroxylation is 1. The van der Waals surface area contributed by atoms with E-state index in [1.165, 1.54) is 0 Å². The SMILES string of the molecule is COc1ccc(CCC(C)C(Cc2ccc(OC)cc2)C(O)[C@@H](O)[C@@H](O)[C@H](O)[C@@H](O)CO)cc1. The van der Waals surface area contributed by atoms with Crippen LogP contribution in [0.1, 0.15) is 24.5 Å². The molecule has 6 N–H and O–H groups in total. The first-order chi connectivity index (χ1) is 16.2. The second-order valence-electron chi connectivity index (χ2n) is 8.79. The molecule has 0 radical (unpaired) electrons. The molecule has 2 aromatic carbocycles. The first-order valence-corrected chi connectivity index (χ1v) is 11.5. The summed E-state index contributed by atoms with van der Waals surface area (Å²) in [6, 6.07) is 15.1. The minimum Gasteiger partial charge on any atom is -0.497 e. The van der Waals surface area contributed by atoms with Crippen molar-refractivity contribution in [2.45, 2.75) is 56.7 Å². The zero-order valence-corrected chi connectivity index (χ0v) is 20.0. The van der Waals surface area contributed by atoms with Gasteiger partial charge in [-0.25, -0.2) is 0 Å². The van der Waals surface area contributed by atoms with Gasteiger partial charge in [-0.1, -0.05) is 31.2 Å². The molecule has 8 heteroatoms. The van der Waals surface area contributed by atoms with E-state index in [9.17, 15) is 25.5 Å². The molecule has 0 saturated carbocycles. The van der Waals surface area contributed by atoms with Gasteiger partial charge in [-0.15, -0.1) is 0 Å². The minimum atomic E-state index is -1.83. The molecule has 0 amide bonds. The monoisotopic (exact) mass is 478 g/mol. The van der Waals surface area contributed by atoms with Gasteiger partial charge >= 0.3 is 0 Å². The van der Waals surface area contributed by atoms with Crippen molar-refractivity contribution in [1.29, 1.82) is 0 Å². The van der Waals surface area contributed by atoms with Crippen LogP contribution in [0.3, 0.4) is 0 Å². The Bertz CT molecular complexity index is 826. The molecule has 0 aliphatic carbocycles. The summed E-state index contributed by atoms with van der Waals surface area (Å²) in [4.78, 5) is 0. The summed E-state index contributed by atoms with van der Waals surface area (Å²) >= 11 is 0. The second-order valence-corrected chi connectivity index (χ2v) is 8.79. The molecule has 0 heterocycles. The van der Waals surface area contributed by atoms with Crippen molar-refractivity contribution in [1.82, 2.24) is 0 Å². The Hall–Kier alpha value is -2.20. The second kappa shape index (κ2) is 13.6. The van der Waals surface area contributed by atoms with E-state index in [1.54, 1.807) is 14.2 Å². The van der Waals surface area contributed by atoms with E-state index >= 15 is 0 Å². The van der Waals surface area contributed by atoms with Crippen LogP contribution in [-0.2, 0) is 12.8 Å². The largest absolute Gasteiger partial charge is 0.497 e. The lowest BCUT2D eigenvalue weighted by Gasteiger charge is -2.35. The molecular formula is C26H38O8. The van der Waals surface area contributed by atoms with Gasteiger partial charge in [0.05, 0.1) is 26.9 Å². The van der Waals surface area contributed by atoms with E-state index < -0.39 is 43.0 Å². The number of hydrogen-bond acceptors (Lipinski definition) is 8. The van der Waals surface area contributed by atoms with Crippen molar-refractivity contribution in [3.05, 3.63) is 59.7 Å². The van der Waals surface area contributed by atoms with Gasteiger partial charge in [-0.2, -0.15) is 0 Å². The molecule has 8 nitrogen and oxygen atoms in total. The average molecular weight is 479 g/mol. The fraction of sp³-hybridized carbons (Fsp3) is 0.538. The molecule has 0 saturated heterocycles. The summed E-state index contributed by atoms with van der Waals surface area (Å²) in [5.41, 5.74) is 2.02. The van der Waals surface area contributed by atoms with Crippen molar-refractivity contribution < 1.29 is 40.1 Å². The number of hydrogen-bond donors (Lipinski definition) is 6. The third kappa shape index (κ3) is 7.66. The Balaban J connectivity index is 2.18. The van der Waals surface area contributed by atoms with E-state index in [1.807, 2.05) is 55.5 Å².